The maximum Gasteiger partial charge on any atom is 0.0637 e. The molecule has 4 fully saturated rings. The number of rotatable bonds is 35. The van der Waals surface area contributed by atoms with E-state index in [1.165, 1.54) is 131 Å². The molecule has 0 spiro atoms. The lowest BCUT2D eigenvalue weighted by atomic mass is 9.43. The van der Waals surface area contributed by atoms with Crippen LogP contribution in [0.4, 0.5) is 0 Å². The van der Waals surface area contributed by atoms with Gasteiger partial charge in [-0.05, 0) is 165 Å². The predicted octanol–water partition coefficient (Wildman–Crippen LogP) is 17.9. The third kappa shape index (κ3) is 17.3. The Morgan fingerprint density at radius 2 is 0.927 bits per heavy atom. The molecule has 5 aromatic rings. The summed E-state index contributed by atoms with van der Waals surface area (Å²) in [6.45, 7) is 24.6. The van der Waals surface area contributed by atoms with E-state index in [9.17, 15) is 0 Å². The van der Waals surface area contributed by atoms with E-state index in [1.54, 1.807) is 0 Å². The Bertz CT molecular complexity index is 2410. The molecule has 9 rings (SSSR count). The molecule has 0 amide bonds. The van der Waals surface area contributed by atoms with E-state index in [0.717, 1.165) is 91.3 Å². The van der Waals surface area contributed by atoms with Crippen molar-refractivity contribution in [2.24, 2.45) is 46.3 Å². The summed E-state index contributed by atoms with van der Waals surface area (Å²) in [7, 11) is 0. The van der Waals surface area contributed by atoms with Crippen LogP contribution in [0, 0.1) is 46.3 Å². The number of benzene rings is 5. The van der Waals surface area contributed by atoms with Crippen LogP contribution in [0.2, 0.25) is 0 Å². The van der Waals surface area contributed by atoms with Gasteiger partial charge in [-0.1, -0.05) is 218 Å². The minimum Gasteiger partial charge on any atom is -0.378 e. The van der Waals surface area contributed by atoms with Gasteiger partial charge in [-0.2, -0.15) is 0 Å². The molecule has 4 unspecified atom stereocenters. The molecule has 11 atom stereocenters. The van der Waals surface area contributed by atoms with Crippen molar-refractivity contribution in [2.45, 2.75) is 201 Å². The summed E-state index contributed by atoms with van der Waals surface area (Å²) in [6, 6.07) is 55.4. The average molecular weight is 1110 g/mol. The van der Waals surface area contributed by atoms with Gasteiger partial charge in [0.1, 0.15) is 0 Å². The molecule has 0 heterocycles. The van der Waals surface area contributed by atoms with E-state index in [2.05, 4.69) is 201 Å². The molecule has 6 heteroatoms. The van der Waals surface area contributed by atoms with Gasteiger partial charge < -0.3 is 14.2 Å². The van der Waals surface area contributed by atoms with E-state index >= 15 is 0 Å². The van der Waals surface area contributed by atoms with E-state index in [-0.39, 0.29) is 16.9 Å². The summed E-state index contributed by atoms with van der Waals surface area (Å²) in [5.41, 5.74) is 7.33. The van der Waals surface area contributed by atoms with Gasteiger partial charge in [-0.15, -0.1) is 0 Å². The van der Waals surface area contributed by atoms with Crippen LogP contribution in [0.5, 0.6) is 0 Å². The van der Waals surface area contributed by atoms with Crippen LogP contribution in [0.25, 0.3) is 0 Å². The lowest BCUT2D eigenvalue weighted by molar-refractivity contribution is -0.227. The van der Waals surface area contributed by atoms with Crippen LogP contribution in [0.1, 0.15) is 178 Å². The zero-order valence-electron chi connectivity index (χ0n) is 51.9. The van der Waals surface area contributed by atoms with Crippen molar-refractivity contribution in [1.29, 1.82) is 0 Å². The highest BCUT2D eigenvalue weighted by atomic mass is 16.5. The molecule has 0 radical (unpaired) electrons. The second-order valence-corrected chi connectivity index (χ2v) is 26.8. The lowest BCUT2D eigenvalue weighted by Gasteiger charge is -2.65. The second-order valence-electron chi connectivity index (χ2n) is 26.8. The number of unbranched alkanes of at least 4 members (excludes halogenated alkanes) is 5. The Kier molecular flexibility index (Phi) is 24.6. The third-order valence-corrected chi connectivity index (χ3v) is 21.1. The van der Waals surface area contributed by atoms with Gasteiger partial charge in [-0.3, -0.25) is 14.7 Å². The van der Waals surface area contributed by atoms with E-state index in [4.69, 9.17) is 14.2 Å². The Morgan fingerprint density at radius 1 is 0.451 bits per heavy atom. The van der Waals surface area contributed by atoms with Gasteiger partial charge in [0.2, 0.25) is 0 Å². The van der Waals surface area contributed by atoms with Crippen molar-refractivity contribution in [1.82, 2.24) is 14.7 Å². The van der Waals surface area contributed by atoms with Gasteiger partial charge in [-0.25, -0.2) is 0 Å². The van der Waals surface area contributed by atoms with E-state index in [1.807, 2.05) is 0 Å². The predicted molar refractivity (Wildman–Crippen MR) is 342 cm³/mol. The van der Waals surface area contributed by atoms with Crippen LogP contribution in [0.15, 0.2) is 152 Å². The Hall–Kier alpha value is -4.14. The van der Waals surface area contributed by atoms with Crippen molar-refractivity contribution in [2.75, 3.05) is 46.0 Å². The molecule has 0 bridgehead atoms. The first-order valence-corrected chi connectivity index (χ1v) is 33.4. The van der Waals surface area contributed by atoms with Crippen molar-refractivity contribution in [3.05, 3.63) is 179 Å². The zero-order valence-corrected chi connectivity index (χ0v) is 51.9. The Morgan fingerprint density at radius 3 is 1.45 bits per heavy atom. The number of nitrogens with zero attached hydrogens (tertiary/aromatic N) is 3. The van der Waals surface area contributed by atoms with Crippen molar-refractivity contribution in [3.8, 4) is 0 Å². The molecular weight excluding hydrogens is 1000 g/mol. The van der Waals surface area contributed by atoms with Gasteiger partial charge in [0.25, 0.3) is 0 Å². The number of hydrogen-bond donors (Lipinski definition) is 0. The fourth-order valence-electron chi connectivity index (χ4n) is 16.8. The second kappa shape index (κ2) is 32.4. The molecule has 4 saturated carbocycles. The highest BCUT2D eigenvalue weighted by molar-refractivity contribution is 5.20. The average Bonchev–Trinajstić information content (AvgIpc) is 2.23. The topological polar surface area (TPSA) is 37.4 Å². The van der Waals surface area contributed by atoms with Crippen molar-refractivity contribution >= 4 is 0 Å². The fourth-order valence-corrected chi connectivity index (χ4v) is 16.8. The summed E-state index contributed by atoms with van der Waals surface area (Å²) < 4.78 is 21.9. The van der Waals surface area contributed by atoms with Crippen LogP contribution in [-0.2, 0) is 46.9 Å². The molecule has 0 aliphatic heterocycles. The van der Waals surface area contributed by atoms with Gasteiger partial charge in [0.15, 0.2) is 0 Å². The summed E-state index contributed by atoms with van der Waals surface area (Å²) in [6.07, 6.45) is 23.3. The van der Waals surface area contributed by atoms with Crippen LogP contribution < -0.4 is 0 Å². The van der Waals surface area contributed by atoms with Crippen LogP contribution in [0.3, 0.4) is 0 Å². The summed E-state index contributed by atoms with van der Waals surface area (Å²) in [5, 5.41) is 0. The quantitative estimate of drug-likeness (QED) is 0.0377. The summed E-state index contributed by atoms with van der Waals surface area (Å²) in [4.78, 5) is 8.05. The fraction of sp³-hybridized carbons (Fsp3) is 0.605. The first kappa shape index (κ1) is 62.4. The smallest absolute Gasteiger partial charge is 0.0637 e. The molecule has 4 aliphatic rings. The molecular formula is C76H109N3O3. The molecule has 6 nitrogen and oxygen atoms in total. The molecule has 446 valence electrons. The number of hydrogen-bond acceptors (Lipinski definition) is 6. The van der Waals surface area contributed by atoms with E-state index < -0.39 is 0 Å². The van der Waals surface area contributed by atoms with E-state index in [0.29, 0.717) is 47.7 Å². The maximum atomic E-state index is 7.69. The largest absolute Gasteiger partial charge is 0.378 e. The highest BCUT2D eigenvalue weighted by Crippen LogP contribution is 2.69. The normalized spacial score (nSPS) is 26.4. The standard InChI is InChI=1S/C76H109N3O3/c1-6-8-9-10-11-27-46-77(56-62-32-17-12-18-33-62)47-28-31-61(3)69-42-43-70-74-71(55-73(76(69,70)5)82-52-30-49-79(59-65-38-23-15-24-39-65)60-66-40-25-16-26-41-66)75(4)45-44-68(53-67(75)54-72(74)81-50-7-2)80-51-29-48-78(57-63-34-19-13-20-35-63)58-64-36-21-14-22-37-64/h12-26,32-41,61,67-74H,6-11,27-31,42-60H2,1-5H3/t61?,67?,68-,69-,70+,71+,72-,73+,74?,75?,76-/m1/s1. The third-order valence-electron chi connectivity index (χ3n) is 21.1. The van der Waals surface area contributed by atoms with Crippen molar-refractivity contribution in [3.63, 3.8) is 0 Å². The summed E-state index contributed by atoms with van der Waals surface area (Å²) >= 11 is 0. The van der Waals surface area contributed by atoms with Gasteiger partial charge in [0.05, 0.1) is 18.3 Å². The first-order valence-electron chi connectivity index (χ1n) is 33.4. The molecule has 5 aromatic carbocycles. The lowest BCUT2D eigenvalue weighted by Crippen LogP contribution is -2.63. The maximum absolute atomic E-state index is 7.69. The number of ether oxygens (including phenoxy) is 3. The van der Waals surface area contributed by atoms with Gasteiger partial charge in [0, 0.05) is 71.0 Å². The Labute approximate surface area is 499 Å². The molecule has 4 aliphatic carbocycles. The minimum atomic E-state index is 0.114. The minimum absolute atomic E-state index is 0.114. The van der Waals surface area contributed by atoms with Crippen LogP contribution in [-0.4, -0.2) is 79.0 Å². The summed E-state index contributed by atoms with van der Waals surface area (Å²) in [5.74, 6) is 3.69. The molecule has 0 aromatic heterocycles. The van der Waals surface area contributed by atoms with Gasteiger partial charge >= 0.3 is 0 Å². The molecule has 82 heavy (non-hydrogen) atoms. The monoisotopic (exact) mass is 1110 g/mol. The number of fused-ring (bicyclic) bond motifs is 5. The highest BCUT2D eigenvalue weighted by Gasteiger charge is 2.66. The first-order chi connectivity index (χ1) is 40.2. The molecule has 0 N–H and O–H groups in total. The van der Waals surface area contributed by atoms with Crippen LogP contribution >= 0.6 is 0 Å². The SMILES string of the molecule is CCCCCCCCN(CCCC(C)[C@H]1CC[C@H]2C3[C@H](OCCC)CC4C[C@H](OCCCN(Cc5ccccc5)Cc5ccccc5)CCC4(C)[C@H]3C[C@H](OCCCN(Cc3ccccc3)Cc3ccccc3)[C@]12C)Cc1ccccc1. The zero-order chi connectivity index (χ0) is 56.8. The Balaban J connectivity index is 0.895. The molecule has 0 saturated heterocycles. The van der Waals surface area contributed by atoms with Crippen molar-refractivity contribution < 1.29 is 14.2 Å².